The average Bonchev–Trinajstić information content (AvgIpc) is 3.17. The Bertz CT molecular complexity index is 832. The zero-order valence-corrected chi connectivity index (χ0v) is 16.2. The van der Waals surface area contributed by atoms with Gasteiger partial charge in [-0.3, -0.25) is 14.6 Å². The van der Waals surface area contributed by atoms with E-state index in [-0.39, 0.29) is 17.8 Å². The van der Waals surface area contributed by atoms with Crippen molar-refractivity contribution in [1.82, 2.24) is 9.80 Å². The van der Waals surface area contributed by atoms with Crippen molar-refractivity contribution in [3.05, 3.63) is 59.4 Å². The van der Waals surface area contributed by atoms with Crippen LogP contribution in [0.1, 0.15) is 18.1 Å². The van der Waals surface area contributed by atoms with Gasteiger partial charge in [-0.25, -0.2) is 4.39 Å². The maximum absolute atomic E-state index is 13.0. The van der Waals surface area contributed by atoms with E-state index in [0.29, 0.717) is 5.69 Å². The second-order valence-corrected chi connectivity index (χ2v) is 7.52. The molecule has 2 aliphatic rings. The van der Waals surface area contributed by atoms with Gasteiger partial charge in [-0.1, -0.05) is 12.1 Å². The van der Waals surface area contributed by atoms with E-state index in [9.17, 15) is 9.18 Å². The summed E-state index contributed by atoms with van der Waals surface area (Å²) in [5, 5.41) is 2.87. The zero-order chi connectivity index (χ0) is 19.5. The summed E-state index contributed by atoms with van der Waals surface area (Å²) < 4.78 is 18.6. The van der Waals surface area contributed by atoms with Crippen molar-refractivity contribution in [1.29, 1.82) is 0 Å². The van der Waals surface area contributed by atoms with Crippen molar-refractivity contribution >= 4 is 11.6 Å². The lowest BCUT2D eigenvalue weighted by atomic mass is 10.1. The van der Waals surface area contributed by atoms with Gasteiger partial charge in [0.2, 0.25) is 5.91 Å². The fourth-order valence-corrected chi connectivity index (χ4v) is 3.85. The third-order valence-corrected chi connectivity index (χ3v) is 5.61. The number of hydrogen-bond donors (Lipinski definition) is 1. The number of amides is 1. The van der Waals surface area contributed by atoms with Crippen molar-refractivity contribution in [3.63, 3.8) is 0 Å². The minimum absolute atomic E-state index is 0.0568. The number of carbonyl (C=O) groups is 1. The van der Waals surface area contributed by atoms with Gasteiger partial charge in [-0.15, -0.1) is 0 Å². The molecule has 4 rings (SSSR count). The summed E-state index contributed by atoms with van der Waals surface area (Å²) in [4.78, 5) is 17.1. The van der Waals surface area contributed by atoms with Crippen molar-refractivity contribution in [2.45, 2.75) is 25.9 Å². The van der Waals surface area contributed by atoms with Crippen molar-refractivity contribution in [3.8, 4) is 5.75 Å². The molecule has 0 aromatic heterocycles. The number of benzene rings is 2. The number of nitrogens with zero attached hydrogens (tertiary/aromatic N) is 2. The first-order valence-electron chi connectivity index (χ1n) is 9.86. The fourth-order valence-electron chi connectivity index (χ4n) is 3.85. The summed E-state index contributed by atoms with van der Waals surface area (Å²) in [6, 6.07) is 12.1. The molecule has 28 heavy (non-hydrogen) atoms. The van der Waals surface area contributed by atoms with Crippen LogP contribution in [-0.4, -0.2) is 54.5 Å². The number of hydrogen-bond acceptors (Lipinski definition) is 4. The Labute approximate surface area is 165 Å². The number of rotatable bonds is 5. The van der Waals surface area contributed by atoms with Gasteiger partial charge in [0.1, 0.15) is 11.6 Å². The molecule has 2 aromatic carbocycles. The molecular weight excluding hydrogens is 357 g/mol. The number of ether oxygens (including phenoxy) is 1. The van der Waals surface area contributed by atoms with Gasteiger partial charge in [0, 0.05) is 44.8 Å². The maximum Gasteiger partial charge on any atom is 0.241 e. The average molecular weight is 383 g/mol. The van der Waals surface area contributed by atoms with Crippen LogP contribution in [-0.2, 0) is 17.8 Å². The van der Waals surface area contributed by atoms with Crippen LogP contribution in [0.4, 0.5) is 10.1 Å². The summed E-state index contributed by atoms with van der Waals surface area (Å²) in [5.74, 6) is 0.659. The number of carbonyl (C=O) groups excluding carboxylic acids is 1. The van der Waals surface area contributed by atoms with E-state index in [4.69, 9.17) is 4.74 Å². The molecule has 2 aliphatic heterocycles. The summed E-state index contributed by atoms with van der Waals surface area (Å²) in [6.45, 7) is 7.21. The quantitative estimate of drug-likeness (QED) is 0.862. The normalized spacial score (nSPS) is 18.4. The first-order valence-corrected chi connectivity index (χ1v) is 9.86. The lowest BCUT2D eigenvalue weighted by molar-refractivity contribution is -0.121. The standard InChI is InChI=1S/C22H26FN3O2/c1-16(22(27)24-20-5-3-19(23)4-6-20)26-11-9-25(10-12-26)15-17-2-7-21-18(14-17)8-13-28-21/h2-7,14,16H,8-13,15H2,1H3,(H,24,27)/t16-/m0/s1. The van der Waals surface area contributed by atoms with Crippen LogP contribution < -0.4 is 10.1 Å². The molecule has 0 unspecified atom stereocenters. The molecule has 1 fully saturated rings. The van der Waals surface area contributed by atoms with Crippen LogP contribution in [0.15, 0.2) is 42.5 Å². The third kappa shape index (κ3) is 4.34. The van der Waals surface area contributed by atoms with Gasteiger partial charge in [-0.2, -0.15) is 0 Å². The molecule has 5 nitrogen and oxygen atoms in total. The van der Waals surface area contributed by atoms with E-state index in [1.54, 1.807) is 12.1 Å². The minimum atomic E-state index is -0.307. The van der Waals surface area contributed by atoms with Gasteiger partial charge in [0.15, 0.2) is 0 Å². The minimum Gasteiger partial charge on any atom is -0.493 e. The summed E-state index contributed by atoms with van der Waals surface area (Å²) in [5.41, 5.74) is 3.25. The molecule has 0 saturated carbocycles. The highest BCUT2D eigenvalue weighted by atomic mass is 19.1. The van der Waals surface area contributed by atoms with Gasteiger partial charge in [-0.05, 0) is 48.4 Å². The zero-order valence-electron chi connectivity index (χ0n) is 16.2. The van der Waals surface area contributed by atoms with Crippen molar-refractivity contribution in [2.75, 3.05) is 38.1 Å². The molecule has 0 aliphatic carbocycles. The molecule has 0 bridgehead atoms. The first kappa shape index (κ1) is 18.9. The molecule has 2 heterocycles. The monoisotopic (exact) mass is 383 g/mol. The molecule has 0 spiro atoms. The van der Waals surface area contributed by atoms with Crippen LogP contribution >= 0.6 is 0 Å². The summed E-state index contributed by atoms with van der Waals surface area (Å²) >= 11 is 0. The molecule has 2 aromatic rings. The van der Waals surface area contributed by atoms with Crippen LogP contribution in [0.3, 0.4) is 0 Å². The van der Waals surface area contributed by atoms with Crippen molar-refractivity contribution in [2.24, 2.45) is 0 Å². The second-order valence-electron chi connectivity index (χ2n) is 7.52. The molecule has 148 valence electrons. The Kier molecular flexibility index (Phi) is 5.59. The maximum atomic E-state index is 13.0. The summed E-state index contributed by atoms with van der Waals surface area (Å²) in [6.07, 6.45) is 0.998. The number of nitrogens with one attached hydrogen (secondary N) is 1. The Balaban J connectivity index is 1.27. The SMILES string of the molecule is C[C@@H](C(=O)Nc1ccc(F)cc1)N1CCN(Cc2ccc3c(c2)CCO3)CC1. The predicted octanol–water partition coefficient (Wildman–Crippen LogP) is 2.91. The van der Waals surface area contributed by atoms with E-state index in [1.165, 1.54) is 23.3 Å². The van der Waals surface area contributed by atoms with Crippen LogP contribution in [0.5, 0.6) is 5.75 Å². The fraction of sp³-hybridized carbons (Fsp3) is 0.409. The number of anilines is 1. The molecule has 1 saturated heterocycles. The largest absolute Gasteiger partial charge is 0.493 e. The van der Waals surface area contributed by atoms with Crippen LogP contribution in [0.25, 0.3) is 0 Å². The van der Waals surface area contributed by atoms with E-state index in [1.807, 2.05) is 6.92 Å². The number of halogens is 1. The highest BCUT2D eigenvalue weighted by Crippen LogP contribution is 2.26. The first-order chi connectivity index (χ1) is 13.6. The lowest BCUT2D eigenvalue weighted by Gasteiger charge is -2.37. The third-order valence-electron chi connectivity index (χ3n) is 5.61. The van der Waals surface area contributed by atoms with Crippen LogP contribution in [0.2, 0.25) is 0 Å². The van der Waals surface area contributed by atoms with Gasteiger partial charge < -0.3 is 10.1 Å². The highest BCUT2D eigenvalue weighted by molar-refractivity contribution is 5.94. The van der Waals surface area contributed by atoms with E-state index >= 15 is 0 Å². The summed E-state index contributed by atoms with van der Waals surface area (Å²) in [7, 11) is 0. The molecule has 0 radical (unpaired) electrons. The number of fused-ring (bicyclic) bond motifs is 1. The van der Waals surface area contributed by atoms with Gasteiger partial charge in [0.25, 0.3) is 0 Å². The van der Waals surface area contributed by atoms with Gasteiger partial charge in [0.05, 0.1) is 12.6 Å². The van der Waals surface area contributed by atoms with Crippen LogP contribution in [0, 0.1) is 5.82 Å². The predicted molar refractivity (Wildman–Crippen MR) is 107 cm³/mol. The Morgan fingerprint density at radius 1 is 1.14 bits per heavy atom. The van der Waals surface area contributed by atoms with Crippen molar-refractivity contribution < 1.29 is 13.9 Å². The molecule has 1 amide bonds. The Morgan fingerprint density at radius 3 is 2.64 bits per heavy atom. The van der Waals surface area contributed by atoms with E-state index in [0.717, 1.165) is 51.5 Å². The Morgan fingerprint density at radius 2 is 1.89 bits per heavy atom. The topological polar surface area (TPSA) is 44.8 Å². The van der Waals surface area contributed by atoms with E-state index < -0.39 is 0 Å². The Hall–Kier alpha value is -2.44. The number of piperazine rings is 1. The smallest absolute Gasteiger partial charge is 0.241 e. The molecule has 1 N–H and O–H groups in total. The van der Waals surface area contributed by atoms with E-state index in [2.05, 4.69) is 33.3 Å². The molecular formula is C22H26FN3O2. The highest BCUT2D eigenvalue weighted by Gasteiger charge is 2.26. The lowest BCUT2D eigenvalue weighted by Crippen LogP contribution is -2.52. The molecule has 1 atom stereocenters. The van der Waals surface area contributed by atoms with Gasteiger partial charge >= 0.3 is 0 Å². The second kappa shape index (κ2) is 8.29. The molecule has 6 heteroatoms.